The lowest BCUT2D eigenvalue weighted by molar-refractivity contribution is 0.541. The maximum atomic E-state index is 14.4. The van der Waals surface area contributed by atoms with Gasteiger partial charge in [-0.05, 0) is 41.9 Å². The van der Waals surface area contributed by atoms with E-state index in [9.17, 15) is 4.39 Å². The van der Waals surface area contributed by atoms with Gasteiger partial charge in [-0.3, -0.25) is 4.68 Å². The van der Waals surface area contributed by atoms with Crippen LogP contribution in [0.25, 0.3) is 0 Å². The van der Waals surface area contributed by atoms with Crippen LogP contribution in [0.5, 0.6) is 0 Å². The van der Waals surface area contributed by atoms with E-state index in [0.29, 0.717) is 10.0 Å². The highest BCUT2D eigenvalue weighted by Gasteiger charge is 2.22. The number of nitrogens with one attached hydrogen (secondary N) is 1. The average molecular weight is 340 g/mol. The van der Waals surface area contributed by atoms with Crippen molar-refractivity contribution in [3.63, 3.8) is 0 Å². The molecule has 0 fully saturated rings. The van der Waals surface area contributed by atoms with E-state index in [2.05, 4.69) is 33.3 Å². The van der Waals surface area contributed by atoms with Crippen molar-refractivity contribution in [2.24, 2.45) is 7.05 Å². The second kappa shape index (κ2) is 6.50. The third-order valence-electron chi connectivity index (χ3n) is 3.48. The van der Waals surface area contributed by atoms with Crippen molar-refractivity contribution in [2.75, 3.05) is 6.54 Å². The van der Waals surface area contributed by atoms with E-state index in [1.54, 1.807) is 6.07 Å². The van der Waals surface area contributed by atoms with Crippen LogP contribution in [-0.4, -0.2) is 16.3 Å². The van der Waals surface area contributed by atoms with Gasteiger partial charge in [0.05, 0.1) is 16.7 Å². The van der Waals surface area contributed by atoms with Crippen molar-refractivity contribution in [1.82, 2.24) is 15.1 Å². The van der Waals surface area contributed by atoms with E-state index in [1.165, 1.54) is 0 Å². The van der Waals surface area contributed by atoms with Crippen LogP contribution < -0.4 is 5.32 Å². The van der Waals surface area contributed by atoms with E-state index < -0.39 is 0 Å². The van der Waals surface area contributed by atoms with Crippen LogP contribution in [0.4, 0.5) is 4.39 Å². The molecule has 0 aliphatic carbocycles. The molecule has 2 rings (SSSR count). The first kappa shape index (κ1) is 15.2. The smallest absolute Gasteiger partial charge is 0.142 e. The van der Waals surface area contributed by atoms with Gasteiger partial charge in [-0.2, -0.15) is 5.10 Å². The number of hydrogen-bond donors (Lipinski definition) is 1. The van der Waals surface area contributed by atoms with E-state index in [1.807, 2.05) is 37.0 Å². The number of nitrogens with zero attached hydrogens (tertiary/aromatic N) is 2. The van der Waals surface area contributed by atoms with Gasteiger partial charge in [0, 0.05) is 23.9 Å². The molecular weight excluding hydrogens is 321 g/mol. The van der Waals surface area contributed by atoms with Crippen LogP contribution in [0.15, 0.2) is 28.9 Å². The van der Waals surface area contributed by atoms with Crippen molar-refractivity contribution in [1.29, 1.82) is 0 Å². The first-order chi connectivity index (χ1) is 9.56. The number of rotatable bonds is 5. The normalized spacial score (nSPS) is 12.7. The van der Waals surface area contributed by atoms with E-state index in [0.717, 1.165) is 24.2 Å². The zero-order valence-electron chi connectivity index (χ0n) is 12.0. The van der Waals surface area contributed by atoms with Gasteiger partial charge in [0.15, 0.2) is 0 Å². The van der Waals surface area contributed by atoms with Gasteiger partial charge in [-0.25, -0.2) is 4.39 Å². The maximum Gasteiger partial charge on any atom is 0.142 e. The molecule has 0 amide bonds. The van der Waals surface area contributed by atoms with Crippen molar-refractivity contribution in [3.05, 3.63) is 51.5 Å². The van der Waals surface area contributed by atoms with E-state index in [-0.39, 0.29) is 11.9 Å². The Morgan fingerprint density at radius 3 is 2.75 bits per heavy atom. The minimum Gasteiger partial charge on any atom is -0.306 e. The molecule has 0 saturated heterocycles. The summed E-state index contributed by atoms with van der Waals surface area (Å²) in [4.78, 5) is 0. The molecule has 1 aromatic heterocycles. The lowest BCUT2D eigenvalue weighted by Crippen LogP contribution is -2.24. The Bertz CT molecular complexity index is 595. The van der Waals surface area contributed by atoms with Crippen LogP contribution in [0.3, 0.4) is 0 Å². The molecule has 2 aromatic rings. The summed E-state index contributed by atoms with van der Waals surface area (Å²) >= 11 is 3.26. The predicted molar refractivity (Wildman–Crippen MR) is 82.2 cm³/mol. The van der Waals surface area contributed by atoms with Crippen LogP contribution in [-0.2, 0) is 7.05 Å². The maximum absolute atomic E-state index is 14.4. The molecule has 0 saturated carbocycles. The van der Waals surface area contributed by atoms with Crippen LogP contribution in [0.2, 0.25) is 0 Å². The molecule has 1 unspecified atom stereocenters. The Hall–Kier alpha value is -1.20. The highest BCUT2D eigenvalue weighted by molar-refractivity contribution is 9.10. The standard InChI is InChI=1S/C15H19BrFN3/c1-4-8-18-15(12-9-19-20(3)10(12)2)11-6-5-7-13(16)14(11)17/h5-7,9,15,18H,4,8H2,1-3H3. The monoisotopic (exact) mass is 339 g/mol. The Kier molecular flexibility index (Phi) is 4.94. The average Bonchev–Trinajstić information content (AvgIpc) is 2.76. The summed E-state index contributed by atoms with van der Waals surface area (Å²) in [6.07, 6.45) is 2.80. The SMILES string of the molecule is CCCNC(c1cccc(Br)c1F)c1cnn(C)c1C. The lowest BCUT2D eigenvalue weighted by Gasteiger charge is -2.20. The fourth-order valence-electron chi connectivity index (χ4n) is 2.22. The van der Waals surface area contributed by atoms with Gasteiger partial charge < -0.3 is 5.32 Å². The third-order valence-corrected chi connectivity index (χ3v) is 4.09. The number of hydrogen-bond acceptors (Lipinski definition) is 2. The lowest BCUT2D eigenvalue weighted by atomic mass is 9.98. The Labute approximate surface area is 127 Å². The van der Waals surface area contributed by atoms with Gasteiger partial charge in [-0.15, -0.1) is 0 Å². The fourth-order valence-corrected chi connectivity index (χ4v) is 2.60. The summed E-state index contributed by atoms with van der Waals surface area (Å²) in [7, 11) is 1.90. The molecule has 0 spiro atoms. The molecule has 1 N–H and O–H groups in total. The Balaban J connectivity index is 2.47. The zero-order valence-corrected chi connectivity index (χ0v) is 13.5. The zero-order chi connectivity index (χ0) is 14.7. The molecule has 0 aliphatic rings. The summed E-state index contributed by atoms with van der Waals surface area (Å²) in [6.45, 7) is 4.92. The molecule has 5 heteroatoms. The third kappa shape index (κ3) is 2.94. The van der Waals surface area contributed by atoms with Crippen molar-refractivity contribution in [2.45, 2.75) is 26.3 Å². The van der Waals surface area contributed by atoms with Crippen LogP contribution in [0, 0.1) is 12.7 Å². The molecule has 108 valence electrons. The number of aryl methyl sites for hydroxylation is 1. The molecule has 1 heterocycles. The van der Waals surface area contributed by atoms with Crippen LogP contribution in [0.1, 0.15) is 36.2 Å². The van der Waals surface area contributed by atoms with Gasteiger partial charge >= 0.3 is 0 Å². The fraction of sp³-hybridized carbons (Fsp3) is 0.400. The Morgan fingerprint density at radius 1 is 1.40 bits per heavy atom. The van der Waals surface area contributed by atoms with Crippen molar-refractivity contribution in [3.8, 4) is 0 Å². The largest absolute Gasteiger partial charge is 0.306 e. The van der Waals surface area contributed by atoms with E-state index >= 15 is 0 Å². The number of halogens is 2. The van der Waals surface area contributed by atoms with E-state index in [4.69, 9.17) is 0 Å². The molecule has 0 bridgehead atoms. The van der Waals surface area contributed by atoms with Crippen LogP contribution >= 0.6 is 15.9 Å². The van der Waals surface area contributed by atoms with Gasteiger partial charge in [0.2, 0.25) is 0 Å². The van der Waals surface area contributed by atoms with Gasteiger partial charge in [-0.1, -0.05) is 19.1 Å². The van der Waals surface area contributed by atoms with Gasteiger partial charge in [0.1, 0.15) is 5.82 Å². The molecule has 1 aromatic carbocycles. The quantitative estimate of drug-likeness (QED) is 0.899. The molecule has 20 heavy (non-hydrogen) atoms. The summed E-state index contributed by atoms with van der Waals surface area (Å²) in [5.41, 5.74) is 2.69. The first-order valence-electron chi connectivity index (χ1n) is 6.72. The van der Waals surface area contributed by atoms with Gasteiger partial charge in [0.25, 0.3) is 0 Å². The highest BCUT2D eigenvalue weighted by atomic mass is 79.9. The molecule has 1 atom stereocenters. The number of aromatic nitrogens is 2. The highest BCUT2D eigenvalue weighted by Crippen LogP contribution is 2.29. The first-order valence-corrected chi connectivity index (χ1v) is 7.51. The van der Waals surface area contributed by atoms with Crippen molar-refractivity contribution < 1.29 is 4.39 Å². The predicted octanol–water partition coefficient (Wildman–Crippen LogP) is 3.72. The summed E-state index contributed by atoms with van der Waals surface area (Å²) in [5.74, 6) is -0.218. The topological polar surface area (TPSA) is 29.9 Å². The molecule has 3 nitrogen and oxygen atoms in total. The number of benzene rings is 1. The second-order valence-electron chi connectivity index (χ2n) is 4.84. The van der Waals surface area contributed by atoms with Crippen molar-refractivity contribution >= 4 is 15.9 Å². The second-order valence-corrected chi connectivity index (χ2v) is 5.69. The minimum atomic E-state index is -0.218. The summed E-state index contributed by atoms with van der Waals surface area (Å²) in [5, 5.41) is 7.68. The minimum absolute atomic E-state index is 0.179. The molecular formula is C15H19BrFN3. The molecule has 0 radical (unpaired) electrons. The Morgan fingerprint density at radius 2 is 2.15 bits per heavy atom. The molecule has 0 aliphatic heterocycles. The summed E-state index contributed by atoms with van der Waals surface area (Å²) in [6, 6.07) is 5.21. The summed E-state index contributed by atoms with van der Waals surface area (Å²) < 4.78 is 16.7.